The molecule has 0 saturated heterocycles. The smallest absolute Gasteiger partial charge is 0.268 e. The number of hydrogen-bond donors (Lipinski definition) is 1. The highest BCUT2D eigenvalue weighted by Gasteiger charge is 2.29. The van der Waals surface area contributed by atoms with Gasteiger partial charge >= 0.3 is 0 Å². The maximum absolute atomic E-state index is 14.7. The van der Waals surface area contributed by atoms with Crippen LogP contribution in [0.5, 0.6) is 0 Å². The zero-order chi connectivity index (χ0) is 20.0. The van der Waals surface area contributed by atoms with Gasteiger partial charge in [-0.25, -0.2) is 4.39 Å². The van der Waals surface area contributed by atoms with Crippen LogP contribution in [0.2, 0.25) is 0 Å². The van der Waals surface area contributed by atoms with Crippen molar-refractivity contribution in [2.75, 3.05) is 6.54 Å². The molecule has 5 nitrogen and oxygen atoms in total. The van der Waals surface area contributed by atoms with Gasteiger partial charge in [-0.3, -0.25) is 9.78 Å². The lowest BCUT2D eigenvalue weighted by Crippen LogP contribution is -2.27. The molecule has 4 rings (SSSR count). The standard InChI is InChI=1S/C21H21BrFN3O2/c1-4-24-21(27)19-8-18-20(16-10-28-12(3)15(16)9-25-18)26(19)11(2)14-6-5-13(22)7-17(14)23/h5-9,11-12H,4,10H2,1-3H3,(H,24,27)/t11-,12?/m0/s1. The Morgan fingerprint density at radius 1 is 1.46 bits per heavy atom. The molecule has 1 unspecified atom stereocenters. The van der Waals surface area contributed by atoms with E-state index in [2.05, 4.69) is 26.2 Å². The molecule has 1 aliphatic rings. The third-order valence-electron chi connectivity index (χ3n) is 5.28. The molecular formula is C21H21BrFN3O2. The minimum atomic E-state index is -0.396. The largest absolute Gasteiger partial charge is 0.369 e. The second-order valence-corrected chi connectivity index (χ2v) is 7.90. The van der Waals surface area contributed by atoms with E-state index in [1.54, 1.807) is 18.2 Å². The van der Waals surface area contributed by atoms with E-state index in [1.807, 2.05) is 31.5 Å². The Morgan fingerprint density at radius 2 is 2.25 bits per heavy atom. The van der Waals surface area contributed by atoms with Crippen LogP contribution in [0.4, 0.5) is 4.39 Å². The first-order valence-electron chi connectivity index (χ1n) is 9.29. The van der Waals surface area contributed by atoms with E-state index in [4.69, 9.17) is 4.74 Å². The predicted molar refractivity (Wildman–Crippen MR) is 109 cm³/mol. The van der Waals surface area contributed by atoms with E-state index in [0.717, 1.165) is 16.6 Å². The van der Waals surface area contributed by atoms with Gasteiger partial charge < -0.3 is 14.6 Å². The van der Waals surface area contributed by atoms with Gasteiger partial charge in [0, 0.05) is 33.9 Å². The quantitative estimate of drug-likeness (QED) is 0.621. The summed E-state index contributed by atoms with van der Waals surface area (Å²) in [5, 5.41) is 2.85. The first kappa shape index (κ1) is 19.1. The molecule has 0 aliphatic carbocycles. The fraction of sp³-hybridized carbons (Fsp3) is 0.333. The Kier molecular flexibility index (Phi) is 4.97. The molecule has 28 heavy (non-hydrogen) atoms. The van der Waals surface area contributed by atoms with Crippen LogP contribution in [-0.2, 0) is 11.3 Å². The number of carbonyl (C=O) groups is 1. The molecule has 146 valence electrons. The summed E-state index contributed by atoms with van der Waals surface area (Å²) in [5.41, 5.74) is 4.54. The van der Waals surface area contributed by atoms with E-state index < -0.39 is 6.04 Å². The van der Waals surface area contributed by atoms with E-state index in [-0.39, 0.29) is 17.8 Å². The number of amides is 1. The summed E-state index contributed by atoms with van der Waals surface area (Å²) in [6.07, 6.45) is 1.76. The maximum Gasteiger partial charge on any atom is 0.268 e. The van der Waals surface area contributed by atoms with Crippen LogP contribution >= 0.6 is 15.9 Å². The topological polar surface area (TPSA) is 56.2 Å². The van der Waals surface area contributed by atoms with E-state index in [9.17, 15) is 9.18 Å². The van der Waals surface area contributed by atoms with Crippen molar-refractivity contribution in [3.05, 3.63) is 63.1 Å². The summed E-state index contributed by atoms with van der Waals surface area (Å²) >= 11 is 3.30. The molecule has 1 N–H and O–H groups in total. The number of fused-ring (bicyclic) bond motifs is 3. The van der Waals surface area contributed by atoms with Crippen LogP contribution in [-0.4, -0.2) is 22.0 Å². The monoisotopic (exact) mass is 445 g/mol. The van der Waals surface area contributed by atoms with E-state index in [1.165, 1.54) is 6.07 Å². The highest BCUT2D eigenvalue weighted by Crippen LogP contribution is 2.38. The first-order chi connectivity index (χ1) is 13.4. The summed E-state index contributed by atoms with van der Waals surface area (Å²) < 4.78 is 23.1. The summed E-state index contributed by atoms with van der Waals surface area (Å²) in [6, 6.07) is 6.37. The van der Waals surface area contributed by atoms with Crippen LogP contribution in [0.3, 0.4) is 0 Å². The number of aromatic nitrogens is 2. The van der Waals surface area contributed by atoms with Crippen molar-refractivity contribution in [2.24, 2.45) is 0 Å². The highest BCUT2D eigenvalue weighted by atomic mass is 79.9. The summed E-state index contributed by atoms with van der Waals surface area (Å²) in [5.74, 6) is -0.527. The second-order valence-electron chi connectivity index (χ2n) is 6.98. The van der Waals surface area contributed by atoms with Gasteiger partial charge in [0.2, 0.25) is 0 Å². The summed E-state index contributed by atoms with van der Waals surface area (Å²) in [4.78, 5) is 17.3. The molecule has 1 aromatic carbocycles. The minimum Gasteiger partial charge on any atom is -0.369 e. The van der Waals surface area contributed by atoms with Crippen molar-refractivity contribution in [3.8, 4) is 0 Å². The zero-order valence-electron chi connectivity index (χ0n) is 15.9. The Labute approximate surface area is 171 Å². The second kappa shape index (κ2) is 7.29. The number of halogens is 2. The number of carbonyl (C=O) groups excluding carboxylic acids is 1. The number of pyridine rings is 1. The fourth-order valence-electron chi connectivity index (χ4n) is 3.87. The molecular weight excluding hydrogens is 425 g/mol. The van der Waals surface area contributed by atoms with Crippen LogP contribution < -0.4 is 5.32 Å². The van der Waals surface area contributed by atoms with Gasteiger partial charge in [-0.1, -0.05) is 22.0 Å². The number of rotatable bonds is 4. The van der Waals surface area contributed by atoms with Crippen molar-refractivity contribution >= 4 is 32.9 Å². The first-order valence-corrected chi connectivity index (χ1v) is 10.1. The van der Waals surface area contributed by atoms with Gasteiger partial charge in [-0.05, 0) is 39.0 Å². The molecule has 0 radical (unpaired) electrons. The van der Waals surface area contributed by atoms with Crippen molar-refractivity contribution in [3.63, 3.8) is 0 Å². The lowest BCUT2D eigenvalue weighted by Gasteiger charge is -2.21. The summed E-state index contributed by atoms with van der Waals surface area (Å²) in [7, 11) is 0. The molecule has 7 heteroatoms. The molecule has 0 bridgehead atoms. The zero-order valence-corrected chi connectivity index (χ0v) is 17.5. The predicted octanol–water partition coefficient (Wildman–Crippen LogP) is 4.89. The molecule has 0 spiro atoms. The Morgan fingerprint density at radius 3 is 2.96 bits per heavy atom. The van der Waals surface area contributed by atoms with Crippen molar-refractivity contribution in [1.82, 2.24) is 14.9 Å². The van der Waals surface area contributed by atoms with Crippen LogP contribution in [0.25, 0.3) is 11.0 Å². The van der Waals surface area contributed by atoms with Crippen molar-refractivity contribution in [2.45, 2.75) is 39.5 Å². The molecule has 3 aromatic rings. The Hall–Kier alpha value is -2.25. The van der Waals surface area contributed by atoms with Crippen LogP contribution in [0.15, 0.2) is 34.9 Å². The molecule has 2 aromatic heterocycles. The van der Waals surface area contributed by atoms with Crippen molar-refractivity contribution in [1.29, 1.82) is 0 Å². The SMILES string of the molecule is CCNC(=O)c1cc2ncc3c(c2n1[C@@H](C)c1ccc(Br)cc1F)COC3C. The summed E-state index contributed by atoms with van der Waals surface area (Å²) in [6.45, 7) is 6.70. The van der Waals surface area contributed by atoms with Crippen LogP contribution in [0.1, 0.15) is 60.1 Å². The molecule has 1 amide bonds. The highest BCUT2D eigenvalue weighted by molar-refractivity contribution is 9.10. The van der Waals surface area contributed by atoms with E-state index >= 15 is 0 Å². The number of nitrogens with zero attached hydrogens (tertiary/aromatic N) is 2. The lowest BCUT2D eigenvalue weighted by atomic mass is 10.1. The number of ether oxygens (including phenoxy) is 1. The van der Waals surface area contributed by atoms with Crippen LogP contribution in [0, 0.1) is 5.82 Å². The van der Waals surface area contributed by atoms with Gasteiger partial charge in [-0.15, -0.1) is 0 Å². The molecule has 0 fully saturated rings. The minimum absolute atomic E-state index is 0.0529. The van der Waals surface area contributed by atoms with Gasteiger partial charge in [0.15, 0.2) is 0 Å². The fourth-order valence-corrected chi connectivity index (χ4v) is 4.20. The van der Waals surface area contributed by atoms with Gasteiger partial charge in [0.25, 0.3) is 5.91 Å². The lowest BCUT2D eigenvalue weighted by molar-refractivity contribution is 0.0797. The molecule has 0 saturated carbocycles. The van der Waals surface area contributed by atoms with Gasteiger partial charge in [0.1, 0.15) is 11.5 Å². The molecule has 2 atom stereocenters. The maximum atomic E-state index is 14.7. The average molecular weight is 446 g/mol. The van der Waals surface area contributed by atoms with Gasteiger partial charge in [-0.2, -0.15) is 0 Å². The Balaban J connectivity index is 1.98. The third kappa shape index (κ3) is 3.02. The number of hydrogen-bond acceptors (Lipinski definition) is 3. The van der Waals surface area contributed by atoms with Gasteiger partial charge in [0.05, 0.1) is 29.8 Å². The third-order valence-corrected chi connectivity index (χ3v) is 5.77. The average Bonchev–Trinajstić information content (AvgIpc) is 3.22. The number of nitrogens with one attached hydrogen (secondary N) is 1. The Bertz CT molecular complexity index is 1080. The van der Waals surface area contributed by atoms with Crippen molar-refractivity contribution < 1.29 is 13.9 Å². The normalized spacial score (nSPS) is 17.0. The number of benzene rings is 1. The molecule has 3 heterocycles. The van der Waals surface area contributed by atoms with E-state index in [0.29, 0.717) is 34.4 Å². The molecule has 1 aliphatic heterocycles.